The lowest BCUT2D eigenvalue weighted by Crippen LogP contribution is -2.33. The Morgan fingerprint density at radius 2 is 1.80 bits per heavy atom. The highest BCUT2D eigenvalue weighted by molar-refractivity contribution is 5.43. The van der Waals surface area contributed by atoms with Crippen LogP contribution in [0.15, 0.2) is 48.5 Å². The Morgan fingerprint density at radius 1 is 1.07 bits per heavy atom. The number of piperidine rings is 1. The van der Waals surface area contributed by atoms with Crippen LogP contribution in [0, 0.1) is 5.92 Å². The number of aliphatic hydroxyl groups is 1. The van der Waals surface area contributed by atoms with E-state index in [0.29, 0.717) is 18.0 Å². The van der Waals surface area contributed by atoms with Crippen molar-refractivity contribution in [1.29, 1.82) is 0 Å². The number of aliphatic hydroxyl groups excluding tert-OH is 1. The van der Waals surface area contributed by atoms with Crippen LogP contribution < -0.4 is 9.47 Å². The highest BCUT2D eigenvalue weighted by Crippen LogP contribution is 2.29. The molecule has 5 heteroatoms. The van der Waals surface area contributed by atoms with Gasteiger partial charge >= 0.3 is 0 Å². The number of likely N-dealkylation sites (N-methyl/N-ethyl adjacent to an activating group) is 1. The van der Waals surface area contributed by atoms with Gasteiger partial charge in [-0.15, -0.1) is 0 Å². The van der Waals surface area contributed by atoms with Crippen molar-refractivity contribution in [3.8, 4) is 11.5 Å². The van der Waals surface area contributed by atoms with E-state index < -0.39 is 6.10 Å². The van der Waals surface area contributed by atoms with Gasteiger partial charge in [0.15, 0.2) is 11.5 Å². The van der Waals surface area contributed by atoms with Crippen LogP contribution in [0.1, 0.15) is 30.9 Å². The average molecular weight is 413 g/mol. The van der Waals surface area contributed by atoms with Gasteiger partial charge in [0.1, 0.15) is 12.7 Å². The number of methoxy groups -OCH3 is 1. The number of hydrogen-bond acceptors (Lipinski definition) is 5. The Morgan fingerprint density at radius 3 is 2.50 bits per heavy atom. The molecule has 1 aliphatic rings. The summed E-state index contributed by atoms with van der Waals surface area (Å²) in [5, 5.41) is 10.5. The van der Waals surface area contributed by atoms with E-state index in [2.05, 4.69) is 41.0 Å². The quantitative estimate of drug-likeness (QED) is 0.643. The van der Waals surface area contributed by atoms with Crippen LogP contribution in [-0.4, -0.2) is 61.4 Å². The summed E-state index contributed by atoms with van der Waals surface area (Å²) >= 11 is 0. The van der Waals surface area contributed by atoms with Gasteiger partial charge in [0, 0.05) is 19.6 Å². The Kier molecular flexibility index (Phi) is 8.55. The summed E-state index contributed by atoms with van der Waals surface area (Å²) < 4.78 is 11.4. The smallest absolute Gasteiger partial charge is 0.161 e. The maximum atomic E-state index is 10.5. The number of benzene rings is 2. The molecule has 0 saturated carbocycles. The molecule has 3 rings (SSSR count). The Labute approximate surface area is 181 Å². The first-order valence-corrected chi connectivity index (χ1v) is 11.0. The first-order valence-electron chi connectivity index (χ1n) is 11.0. The zero-order chi connectivity index (χ0) is 21.3. The predicted octanol–water partition coefficient (Wildman–Crippen LogP) is 3.80. The molecule has 1 saturated heterocycles. The summed E-state index contributed by atoms with van der Waals surface area (Å²) in [5.74, 6) is 2.23. The standard InChI is InChI=1S/C25H36N2O3/c1-20-11-13-27(14-12-20)17-22-9-10-24(29-3)25(15-22)30-19-23(28)18-26(2)16-21-7-5-4-6-8-21/h4-10,15,20,23,28H,11-14,16-19H2,1-3H3/t23-/m0/s1. The third-order valence-corrected chi connectivity index (χ3v) is 5.76. The topological polar surface area (TPSA) is 45.2 Å². The second-order valence-electron chi connectivity index (χ2n) is 8.59. The van der Waals surface area contributed by atoms with Crippen molar-refractivity contribution in [1.82, 2.24) is 9.80 Å². The second kappa shape index (κ2) is 11.3. The number of likely N-dealkylation sites (tertiary alicyclic amines) is 1. The van der Waals surface area contributed by atoms with Crippen molar-refractivity contribution in [3.05, 3.63) is 59.7 Å². The van der Waals surface area contributed by atoms with Crippen molar-refractivity contribution < 1.29 is 14.6 Å². The Bertz CT molecular complexity index is 760. The molecule has 2 aromatic carbocycles. The minimum absolute atomic E-state index is 0.236. The molecule has 0 spiro atoms. The zero-order valence-electron chi connectivity index (χ0n) is 18.6. The molecule has 1 fully saturated rings. The van der Waals surface area contributed by atoms with Gasteiger partial charge in [-0.3, -0.25) is 9.80 Å². The molecule has 0 aromatic heterocycles. The molecule has 1 aliphatic heterocycles. The highest BCUT2D eigenvalue weighted by atomic mass is 16.5. The van der Waals surface area contributed by atoms with Crippen LogP contribution in [0.3, 0.4) is 0 Å². The van der Waals surface area contributed by atoms with E-state index in [9.17, 15) is 5.11 Å². The van der Waals surface area contributed by atoms with Gasteiger partial charge in [-0.25, -0.2) is 0 Å². The molecule has 1 N–H and O–H groups in total. The minimum Gasteiger partial charge on any atom is -0.493 e. The van der Waals surface area contributed by atoms with Gasteiger partial charge in [0.05, 0.1) is 7.11 Å². The van der Waals surface area contributed by atoms with Crippen molar-refractivity contribution in [3.63, 3.8) is 0 Å². The van der Waals surface area contributed by atoms with E-state index in [1.165, 1.54) is 24.0 Å². The molecule has 2 aromatic rings. The summed E-state index contributed by atoms with van der Waals surface area (Å²) in [6, 6.07) is 16.4. The van der Waals surface area contributed by atoms with E-state index in [0.717, 1.165) is 32.1 Å². The van der Waals surface area contributed by atoms with E-state index in [4.69, 9.17) is 9.47 Å². The van der Waals surface area contributed by atoms with E-state index in [1.807, 2.05) is 31.3 Å². The fraction of sp³-hybridized carbons (Fsp3) is 0.520. The van der Waals surface area contributed by atoms with Crippen molar-refractivity contribution >= 4 is 0 Å². The molecule has 0 radical (unpaired) electrons. The largest absolute Gasteiger partial charge is 0.493 e. The van der Waals surface area contributed by atoms with Gasteiger partial charge < -0.3 is 14.6 Å². The van der Waals surface area contributed by atoms with E-state index >= 15 is 0 Å². The molecule has 0 aliphatic carbocycles. The summed E-state index contributed by atoms with van der Waals surface area (Å²) in [7, 11) is 3.66. The van der Waals surface area contributed by atoms with E-state index in [1.54, 1.807) is 7.11 Å². The Balaban J connectivity index is 1.51. The van der Waals surface area contributed by atoms with Gasteiger partial charge in [-0.05, 0) is 62.2 Å². The molecule has 5 nitrogen and oxygen atoms in total. The Hall–Kier alpha value is -2.08. The predicted molar refractivity (Wildman–Crippen MR) is 121 cm³/mol. The fourth-order valence-electron chi connectivity index (χ4n) is 3.97. The maximum absolute atomic E-state index is 10.5. The van der Waals surface area contributed by atoms with Crippen molar-refractivity contribution in [2.24, 2.45) is 5.92 Å². The molecule has 164 valence electrons. The third kappa shape index (κ3) is 7.01. The first-order chi connectivity index (χ1) is 14.5. The monoisotopic (exact) mass is 412 g/mol. The number of rotatable bonds is 10. The zero-order valence-corrected chi connectivity index (χ0v) is 18.6. The van der Waals surface area contributed by atoms with E-state index in [-0.39, 0.29) is 6.61 Å². The van der Waals surface area contributed by atoms with Crippen LogP contribution in [0.25, 0.3) is 0 Å². The summed E-state index contributed by atoms with van der Waals surface area (Å²) in [5.41, 5.74) is 2.45. The SMILES string of the molecule is COc1ccc(CN2CCC(C)CC2)cc1OC[C@@H](O)CN(C)Cc1ccccc1. The maximum Gasteiger partial charge on any atom is 0.161 e. The van der Waals surface area contributed by atoms with Gasteiger partial charge in [-0.2, -0.15) is 0 Å². The summed E-state index contributed by atoms with van der Waals surface area (Å²) in [6.07, 6.45) is 1.96. The van der Waals surface area contributed by atoms with Crippen molar-refractivity contribution in [2.75, 3.05) is 40.4 Å². The highest BCUT2D eigenvalue weighted by Gasteiger charge is 2.17. The molecular weight excluding hydrogens is 376 g/mol. The van der Waals surface area contributed by atoms with Crippen LogP contribution in [0.2, 0.25) is 0 Å². The van der Waals surface area contributed by atoms with Gasteiger partial charge in [0.25, 0.3) is 0 Å². The molecular formula is C25H36N2O3. The molecule has 0 unspecified atom stereocenters. The normalized spacial score (nSPS) is 16.6. The molecule has 0 amide bonds. The van der Waals surface area contributed by atoms with Crippen LogP contribution in [0.4, 0.5) is 0 Å². The average Bonchev–Trinajstić information content (AvgIpc) is 2.74. The third-order valence-electron chi connectivity index (χ3n) is 5.76. The van der Waals surface area contributed by atoms with Gasteiger partial charge in [0.2, 0.25) is 0 Å². The summed E-state index contributed by atoms with van der Waals surface area (Å²) in [6.45, 7) is 7.13. The molecule has 1 heterocycles. The summed E-state index contributed by atoms with van der Waals surface area (Å²) in [4.78, 5) is 4.60. The van der Waals surface area contributed by atoms with Crippen LogP contribution >= 0.6 is 0 Å². The van der Waals surface area contributed by atoms with Crippen LogP contribution in [0.5, 0.6) is 11.5 Å². The second-order valence-corrected chi connectivity index (χ2v) is 8.59. The number of nitrogens with zero attached hydrogens (tertiary/aromatic N) is 2. The fourth-order valence-corrected chi connectivity index (χ4v) is 3.97. The molecule has 0 bridgehead atoms. The first kappa shape index (κ1) is 22.6. The molecule has 30 heavy (non-hydrogen) atoms. The lowest BCUT2D eigenvalue weighted by atomic mass is 9.99. The lowest BCUT2D eigenvalue weighted by molar-refractivity contribution is 0.0732. The molecule has 1 atom stereocenters. The van der Waals surface area contributed by atoms with Gasteiger partial charge in [-0.1, -0.05) is 43.3 Å². The minimum atomic E-state index is -0.573. The number of hydrogen-bond donors (Lipinski definition) is 1. The van der Waals surface area contributed by atoms with Crippen LogP contribution in [-0.2, 0) is 13.1 Å². The van der Waals surface area contributed by atoms with Crippen molar-refractivity contribution in [2.45, 2.75) is 39.0 Å². The number of ether oxygens (including phenoxy) is 2. The lowest BCUT2D eigenvalue weighted by Gasteiger charge is -2.30.